The quantitative estimate of drug-likeness (QED) is 0.564. The summed E-state index contributed by atoms with van der Waals surface area (Å²) in [5, 5.41) is 15.2. The van der Waals surface area contributed by atoms with E-state index in [9.17, 15) is 9.59 Å². The van der Waals surface area contributed by atoms with Gasteiger partial charge in [-0.2, -0.15) is 5.26 Å². The molecule has 9 heteroatoms. The van der Waals surface area contributed by atoms with Crippen LogP contribution < -0.4 is 5.32 Å². The fourth-order valence-corrected chi connectivity index (χ4v) is 5.57. The van der Waals surface area contributed by atoms with Gasteiger partial charge in [0, 0.05) is 28.3 Å². The van der Waals surface area contributed by atoms with Crippen molar-refractivity contribution >= 4 is 52.2 Å². The lowest BCUT2D eigenvalue weighted by atomic mass is 10.1. The number of carbonyl (C=O) groups is 2. The number of hydrogen-bond donors (Lipinski definition) is 1. The van der Waals surface area contributed by atoms with Crippen molar-refractivity contribution in [1.82, 2.24) is 9.88 Å². The number of carbonyl (C=O) groups excluding carboxylic acids is 2. The minimum absolute atomic E-state index is 0.116. The van der Waals surface area contributed by atoms with E-state index in [0.29, 0.717) is 40.0 Å². The molecule has 1 unspecified atom stereocenters. The van der Waals surface area contributed by atoms with Gasteiger partial charge in [-0.25, -0.2) is 4.98 Å². The van der Waals surface area contributed by atoms with E-state index in [-0.39, 0.29) is 18.2 Å². The molecule has 1 saturated heterocycles. The Hall–Kier alpha value is -2.86. The van der Waals surface area contributed by atoms with E-state index in [4.69, 9.17) is 16.9 Å². The van der Waals surface area contributed by atoms with Gasteiger partial charge < -0.3 is 10.2 Å². The molecule has 162 valence electrons. The van der Waals surface area contributed by atoms with Crippen molar-refractivity contribution in [2.24, 2.45) is 0 Å². The average molecular weight is 483 g/mol. The van der Waals surface area contributed by atoms with Crippen LogP contribution in [0, 0.1) is 11.3 Å². The molecule has 4 rings (SSSR count). The largest absolute Gasteiger partial charge is 0.324 e. The second-order valence-electron chi connectivity index (χ2n) is 7.27. The summed E-state index contributed by atoms with van der Waals surface area (Å²) < 4.78 is 0. The lowest BCUT2D eigenvalue weighted by molar-refractivity contribution is -0.135. The lowest BCUT2D eigenvalue weighted by Gasteiger charge is -2.22. The maximum absolute atomic E-state index is 12.9. The number of halogens is 1. The first-order valence-corrected chi connectivity index (χ1v) is 12.3. The number of nitrogens with zero attached hydrogens (tertiary/aromatic N) is 3. The van der Waals surface area contributed by atoms with Crippen molar-refractivity contribution in [3.05, 3.63) is 80.8 Å². The smallest absolute Gasteiger partial charge is 0.248 e. The van der Waals surface area contributed by atoms with E-state index in [0.717, 1.165) is 10.6 Å². The van der Waals surface area contributed by atoms with Crippen LogP contribution in [0.15, 0.2) is 53.9 Å². The molecule has 0 aliphatic carbocycles. The van der Waals surface area contributed by atoms with Crippen LogP contribution in [0.1, 0.15) is 21.8 Å². The fraction of sp³-hybridized carbons (Fsp3) is 0.217. The van der Waals surface area contributed by atoms with E-state index < -0.39 is 6.04 Å². The molecule has 2 aromatic carbocycles. The molecule has 32 heavy (non-hydrogen) atoms. The molecular weight excluding hydrogens is 464 g/mol. The third-order valence-corrected chi connectivity index (χ3v) is 7.11. The van der Waals surface area contributed by atoms with Gasteiger partial charge in [0.05, 0.1) is 34.6 Å². The van der Waals surface area contributed by atoms with Crippen LogP contribution in [0.5, 0.6) is 0 Å². The Labute approximate surface area is 199 Å². The zero-order valence-electron chi connectivity index (χ0n) is 17.0. The van der Waals surface area contributed by atoms with E-state index in [1.165, 1.54) is 11.3 Å². The summed E-state index contributed by atoms with van der Waals surface area (Å²) in [5.41, 5.74) is 2.90. The van der Waals surface area contributed by atoms with Gasteiger partial charge in [-0.05, 0) is 42.0 Å². The van der Waals surface area contributed by atoms with Crippen molar-refractivity contribution < 1.29 is 9.59 Å². The molecule has 1 aliphatic heterocycles. The number of hydrogen-bond acceptors (Lipinski definition) is 6. The van der Waals surface area contributed by atoms with Crippen LogP contribution >= 0.6 is 34.7 Å². The molecule has 1 fully saturated rings. The van der Waals surface area contributed by atoms with Crippen LogP contribution in [0.4, 0.5) is 5.69 Å². The number of thiazole rings is 1. The topological polar surface area (TPSA) is 86.1 Å². The van der Waals surface area contributed by atoms with Crippen LogP contribution in [0.25, 0.3) is 0 Å². The highest BCUT2D eigenvalue weighted by atomic mass is 35.5. The fourth-order valence-electron chi connectivity index (χ4n) is 3.35. The molecule has 1 N–H and O–H groups in total. The Bertz CT molecular complexity index is 1170. The second-order valence-corrected chi connectivity index (χ2v) is 9.65. The summed E-state index contributed by atoms with van der Waals surface area (Å²) in [6.45, 7) is 0. The first-order valence-electron chi connectivity index (χ1n) is 9.88. The number of nitriles is 1. The highest BCUT2D eigenvalue weighted by Gasteiger charge is 2.34. The Morgan fingerprint density at radius 3 is 2.81 bits per heavy atom. The minimum Gasteiger partial charge on any atom is -0.324 e. The highest BCUT2D eigenvalue weighted by molar-refractivity contribution is 7.99. The molecule has 3 aromatic rings. The van der Waals surface area contributed by atoms with Crippen LogP contribution in [0.2, 0.25) is 5.02 Å². The summed E-state index contributed by atoms with van der Waals surface area (Å²) in [5.74, 6) is 0.678. The zero-order chi connectivity index (χ0) is 22.5. The minimum atomic E-state index is -0.535. The molecule has 0 spiro atoms. The first-order chi connectivity index (χ1) is 15.5. The number of benzene rings is 2. The maximum atomic E-state index is 12.9. The van der Waals surface area contributed by atoms with E-state index in [2.05, 4.69) is 10.3 Å². The average Bonchev–Trinajstić information content (AvgIpc) is 3.44. The Kier molecular flexibility index (Phi) is 7.10. The number of rotatable bonds is 6. The van der Waals surface area contributed by atoms with Gasteiger partial charge >= 0.3 is 0 Å². The normalized spacial score (nSPS) is 15.4. The summed E-state index contributed by atoms with van der Waals surface area (Å²) in [4.78, 5) is 31.9. The van der Waals surface area contributed by atoms with Crippen molar-refractivity contribution in [3.8, 4) is 6.07 Å². The van der Waals surface area contributed by atoms with Crippen LogP contribution in [-0.2, 0) is 22.4 Å². The molecule has 0 radical (unpaired) electrons. The van der Waals surface area contributed by atoms with Gasteiger partial charge in [0.2, 0.25) is 11.8 Å². The molecule has 2 heterocycles. The van der Waals surface area contributed by atoms with Crippen LogP contribution in [0.3, 0.4) is 0 Å². The predicted octanol–water partition coefficient (Wildman–Crippen LogP) is 4.34. The number of thioether (sulfide) groups is 1. The molecule has 1 atom stereocenters. The van der Waals surface area contributed by atoms with E-state index >= 15 is 0 Å². The molecular formula is C23H19ClN4O2S2. The third kappa shape index (κ3) is 5.49. The van der Waals surface area contributed by atoms with Gasteiger partial charge in [0.1, 0.15) is 6.04 Å². The van der Waals surface area contributed by atoms with Crippen molar-refractivity contribution in [3.63, 3.8) is 0 Å². The van der Waals surface area contributed by atoms with Crippen molar-refractivity contribution in [2.75, 3.05) is 16.9 Å². The number of amides is 2. The Morgan fingerprint density at radius 2 is 2.06 bits per heavy atom. The molecule has 1 aromatic heterocycles. The summed E-state index contributed by atoms with van der Waals surface area (Å²) >= 11 is 9.11. The van der Waals surface area contributed by atoms with Crippen LogP contribution in [-0.4, -0.2) is 39.4 Å². The molecule has 0 bridgehead atoms. The van der Waals surface area contributed by atoms with Crippen molar-refractivity contribution in [2.45, 2.75) is 18.9 Å². The molecule has 2 amide bonds. The standard InChI is InChI=1S/C23H19ClN4O2S2/c24-17-3-1-2-16(8-17)9-21-26-19(12-32-21)10-22(29)28-14-31-13-20(28)23(30)27-18-6-4-15(11-25)5-7-18/h1-8,12,20H,9-10,13-14H2,(H,27,30). The number of nitrogens with one attached hydrogen (secondary N) is 1. The molecule has 0 saturated carbocycles. The summed E-state index contributed by atoms with van der Waals surface area (Å²) in [6.07, 6.45) is 0.821. The van der Waals surface area contributed by atoms with Gasteiger partial charge in [-0.3, -0.25) is 9.59 Å². The molecule has 6 nitrogen and oxygen atoms in total. The Balaban J connectivity index is 1.36. The van der Waals surface area contributed by atoms with Gasteiger partial charge in [-0.1, -0.05) is 23.7 Å². The SMILES string of the molecule is N#Cc1ccc(NC(=O)C2CSCN2C(=O)Cc2csc(Cc3cccc(Cl)c3)n2)cc1. The van der Waals surface area contributed by atoms with Gasteiger partial charge in [0.25, 0.3) is 0 Å². The monoisotopic (exact) mass is 482 g/mol. The van der Waals surface area contributed by atoms with Crippen molar-refractivity contribution in [1.29, 1.82) is 5.26 Å². The second kappa shape index (κ2) is 10.2. The maximum Gasteiger partial charge on any atom is 0.248 e. The highest BCUT2D eigenvalue weighted by Crippen LogP contribution is 2.24. The summed E-state index contributed by atoms with van der Waals surface area (Å²) in [7, 11) is 0. The Morgan fingerprint density at radius 1 is 1.25 bits per heavy atom. The first kappa shape index (κ1) is 22.3. The van der Waals surface area contributed by atoms with Gasteiger partial charge in [0.15, 0.2) is 0 Å². The number of aromatic nitrogens is 1. The van der Waals surface area contributed by atoms with E-state index in [1.54, 1.807) is 40.9 Å². The lowest BCUT2D eigenvalue weighted by Crippen LogP contribution is -2.45. The summed E-state index contributed by atoms with van der Waals surface area (Å²) in [6, 6.07) is 15.8. The molecule has 1 aliphatic rings. The zero-order valence-corrected chi connectivity index (χ0v) is 19.3. The van der Waals surface area contributed by atoms with Gasteiger partial charge in [-0.15, -0.1) is 23.1 Å². The van der Waals surface area contributed by atoms with E-state index in [1.807, 2.05) is 35.7 Å². The number of anilines is 1. The predicted molar refractivity (Wildman–Crippen MR) is 128 cm³/mol. The third-order valence-electron chi connectivity index (χ3n) is 4.96.